The largest absolute Gasteiger partial charge is 0.351 e. The maximum Gasteiger partial charge on any atom is 0.251 e. The van der Waals surface area contributed by atoms with Crippen molar-refractivity contribution in [1.29, 1.82) is 0 Å². The minimum Gasteiger partial charge on any atom is -0.351 e. The van der Waals surface area contributed by atoms with E-state index in [0.717, 1.165) is 19.5 Å². The molecule has 3 N–H and O–H groups in total. The first kappa shape index (κ1) is 19.4. The minimum absolute atomic E-state index is 0. The Morgan fingerprint density at radius 2 is 1.86 bits per heavy atom. The molecule has 0 aliphatic carbocycles. The third kappa shape index (κ3) is 7.68. The van der Waals surface area contributed by atoms with Gasteiger partial charge >= 0.3 is 0 Å². The number of carbonyl (C=O) groups excluding carboxylic acids is 2. The summed E-state index contributed by atoms with van der Waals surface area (Å²) in [5.41, 5.74) is 1.20. The van der Waals surface area contributed by atoms with Crippen LogP contribution in [0.5, 0.6) is 0 Å². The van der Waals surface area contributed by atoms with Crippen molar-refractivity contribution in [2.75, 3.05) is 25.0 Å². The second-order valence-corrected chi connectivity index (χ2v) is 4.49. The lowest BCUT2D eigenvalue weighted by molar-refractivity contribution is -0.115. The molecule has 6 heteroatoms. The molecule has 0 heterocycles. The number of benzene rings is 1. The Kier molecular flexibility index (Phi) is 10.3. The maximum absolute atomic E-state index is 11.9. The molecule has 0 aliphatic rings. The fourth-order valence-electron chi connectivity index (χ4n) is 1.66. The summed E-state index contributed by atoms with van der Waals surface area (Å²) in [6, 6.07) is 6.95. The molecule has 1 rings (SSSR count). The Labute approximate surface area is 132 Å². The summed E-state index contributed by atoms with van der Waals surface area (Å²) >= 11 is 0. The van der Waals surface area contributed by atoms with Gasteiger partial charge in [-0.25, -0.2) is 0 Å². The van der Waals surface area contributed by atoms with Crippen LogP contribution in [-0.4, -0.2) is 31.4 Å². The Hall–Kier alpha value is -1.59. The lowest BCUT2D eigenvalue weighted by Crippen LogP contribution is -2.32. The highest BCUT2D eigenvalue weighted by molar-refractivity contribution is 5.97. The summed E-state index contributed by atoms with van der Waals surface area (Å²) in [6.07, 6.45) is 1.49. The molecule has 21 heavy (non-hydrogen) atoms. The van der Waals surface area contributed by atoms with Crippen molar-refractivity contribution in [2.24, 2.45) is 0 Å². The van der Waals surface area contributed by atoms with Gasteiger partial charge in [0.05, 0.1) is 0 Å². The van der Waals surface area contributed by atoms with Crippen molar-refractivity contribution in [1.82, 2.24) is 10.6 Å². The number of halogens is 1. The van der Waals surface area contributed by atoms with Crippen molar-refractivity contribution in [2.45, 2.75) is 26.7 Å². The molecule has 0 unspecified atom stereocenters. The maximum atomic E-state index is 11.9. The third-order valence-corrected chi connectivity index (χ3v) is 2.74. The Bertz CT molecular complexity index is 452. The van der Waals surface area contributed by atoms with E-state index in [1.54, 1.807) is 31.2 Å². The normalized spacial score (nSPS) is 9.62. The van der Waals surface area contributed by atoms with E-state index in [1.807, 2.05) is 0 Å². The van der Waals surface area contributed by atoms with Gasteiger partial charge in [0.2, 0.25) is 5.91 Å². The minimum atomic E-state index is -0.129. The van der Waals surface area contributed by atoms with E-state index in [1.165, 1.54) is 0 Å². The Morgan fingerprint density at radius 3 is 2.52 bits per heavy atom. The molecule has 118 valence electrons. The van der Waals surface area contributed by atoms with Crippen LogP contribution in [0, 0.1) is 0 Å². The summed E-state index contributed by atoms with van der Waals surface area (Å²) in [5, 5.41) is 8.79. The van der Waals surface area contributed by atoms with Crippen LogP contribution in [0.3, 0.4) is 0 Å². The van der Waals surface area contributed by atoms with Gasteiger partial charge in [0.15, 0.2) is 0 Å². The topological polar surface area (TPSA) is 70.2 Å². The number of rotatable bonds is 8. The first-order valence-corrected chi connectivity index (χ1v) is 7.06. The first-order chi connectivity index (χ1) is 9.67. The number of amides is 2. The molecule has 1 aromatic carbocycles. The van der Waals surface area contributed by atoms with E-state index >= 15 is 0 Å². The van der Waals surface area contributed by atoms with Crippen molar-refractivity contribution in [3.63, 3.8) is 0 Å². The molecule has 0 aliphatic heterocycles. The fourth-order valence-corrected chi connectivity index (χ4v) is 1.66. The van der Waals surface area contributed by atoms with Crippen LogP contribution in [0.2, 0.25) is 0 Å². The standard InChI is InChI=1S/C15H23N3O2.ClH/c1-3-8-16-9-10-17-15(20)12-6-5-7-13(11-12)18-14(19)4-2;/h5-7,11,16H,3-4,8-10H2,1-2H3,(H,17,20)(H,18,19);1H. The average Bonchev–Trinajstić information content (AvgIpc) is 2.47. The number of carbonyl (C=O) groups is 2. The van der Waals surface area contributed by atoms with Crippen molar-refractivity contribution in [3.05, 3.63) is 29.8 Å². The molecular weight excluding hydrogens is 290 g/mol. The number of hydrogen-bond acceptors (Lipinski definition) is 3. The van der Waals surface area contributed by atoms with Crippen LogP contribution >= 0.6 is 12.4 Å². The molecule has 5 nitrogen and oxygen atoms in total. The summed E-state index contributed by atoms with van der Waals surface area (Å²) in [4.78, 5) is 23.2. The van der Waals surface area contributed by atoms with E-state index in [4.69, 9.17) is 0 Å². The molecule has 0 bridgehead atoms. The van der Waals surface area contributed by atoms with E-state index in [0.29, 0.717) is 24.2 Å². The van der Waals surface area contributed by atoms with Crippen LogP contribution in [0.1, 0.15) is 37.0 Å². The Morgan fingerprint density at radius 1 is 1.10 bits per heavy atom. The zero-order chi connectivity index (χ0) is 14.8. The van der Waals surface area contributed by atoms with Gasteiger partial charge in [-0.05, 0) is 31.2 Å². The molecule has 0 saturated carbocycles. The predicted molar refractivity (Wildman–Crippen MR) is 88.1 cm³/mol. The van der Waals surface area contributed by atoms with Crippen LogP contribution in [0.25, 0.3) is 0 Å². The highest BCUT2D eigenvalue weighted by atomic mass is 35.5. The molecule has 0 fully saturated rings. The molecule has 0 spiro atoms. The van der Waals surface area contributed by atoms with Crippen molar-refractivity contribution >= 4 is 29.9 Å². The van der Waals surface area contributed by atoms with Crippen LogP contribution < -0.4 is 16.0 Å². The zero-order valence-corrected chi connectivity index (χ0v) is 13.4. The smallest absolute Gasteiger partial charge is 0.251 e. The number of nitrogens with one attached hydrogen (secondary N) is 3. The highest BCUT2D eigenvalue weighted by Gasteiger charge is 2.06. The monoisotopic (exact) mass is 313 g/mol. The van der Waals surface area contributed by atoms with Crippen LogP contribution in [0.4, 0.5) is 5.69 Å². The third-order valence-electron chi connectivity index (χ3n) is 2.74. The van der Waals surface area contributed by atoms with E-state index in [-0.39, 0.29) is 24.2 Å². The fraction of sp³-hybridized carbons (Fsp3) is 0.467. The predicted octanol–water partition coefficient (Wildman–Crippen LogP) is 2.19. The lowest BCUT2D eigenvalue weighted by atomic mass is 10.2. The second-order valence-electron chi connectivity index (χ2n) is 4.49. The van der Waals surface area contributed by atoms with Gasteiger partial charge in [0.1, 0.15) is 0 Å². The molecular formula is C15H24ClN3O2. The van der Waals surface area contributed by atoms with Gasteiger partial charge in [-0.1, -0.05) is 19.9 Å². The van der Waals surface area contributed by atoms with Gasteiger partial charge in [0, 0.05) is 30.8 Å². The number of hydrogen-bond donors (Lipinski definition) is 3. The Balaban J connectivity index is 0.00000400. The second kappa shape index (κ2) is 11.1. The average molecular weight is 314 g/mol. The summed E-state index contributed by atoms with van der Waals surface area (Å²) in [6.45, 7) is 6.18. The van der Waals surface area contributed by atoms with E-state index in [2.05, 4.69) is 22.9 Å². The van der Waals surface area contributed by atoms with E-state index in [9.17, 15) is 9.59 Å². The van der Waals surface area contributed by atoms with Gasteiger partial charge in [-0.2, -0.15) is 0 Å². The number of anilines is 1. The van der Waals surface area contributed by atoms with Crippen LogP contribution in [-0.2, 0) is 4.79 Å². The quantitative estimate of drug-likeness (QED) is 0.644. The summed E-state index contributed by atoms with van der Waals surface area (Å²) in [5.74, 6) is -0.192. The molecule has 0 radical (unpaired) electrons. The van der Waals surface area contributed by atoms with Gasteiger partial charge in [-0.15, -0.1) is 12.4 Å². The first-order valence-electron chi connectivity index (χ1n) is 7.06. The van der Waals surface area contributed by atoms with Crippen molar-refractivity contribution in [3.8, 4) is 0 Å². The molecule has 0 atom stereocenters. The van der Waals surface area contributed by atoms with Gasteiger partial charge in [-0.3, -0.25) is 9.59 Å². The van der Waals surface area contributed by atoms with Crippen molar-refractivity contribution < 1.29 is 9.59 Å². The molecule has 1 aromatic rings. The molecule has 2 amide bonds. The summed E-state index contributed by atoms with van der Waals surface area (Å²) < 4.78 is 0. The molecule has 0 saturated heterocycles. The lowest BCUT2D eigenvalue weighted by Gasteiger charge is -2.08. The van der Waals surface area contributed by atoms with Gasteiger partial charge < -0.3 is 16.0 Å². The summed E-state index contributed by atoms with van der Waals surface area (Å²) in [7, 11) is 0. The SMILES string of the molecule is CCCNCCNC(=O)c1cccc(NC(=O)CC)c1.Cl. The van der Waals surface area contributed by atoms with Crippen LogP contribution in [0.15, 0.2) is 24.3 Å². The van der Waals surface area contributed by atoms with Gasteiger partial charge in [0.25, 0.3) is 5.91 Å². The molecule has 0 aromatic heterocycles. The highest BCUT2D eigenvalue weighted by Crippen LogP contribution is 2.10. The zero-order valence-electron chi connectivity index (χ0n) is 12.6. The van der Waals surface area contributed by atoms with E-state index < -0.39 is 0 Å².